The van der Waals surface area contributed by atoms with Gasteiger partial charge in [0.15, 0.2) is 0 Å². The number of benzene rings is 1. The number of carboxylic acid groups (broad SMARTS) is 1. The van der Waals surface area contributed by atoms with Crippen molar-refractivity contribution < 1.29 is 14.7 Å². The van der Waals surface area contributed by atoms with Gasteiger partial charge in [0.1, 0.15) is 0 Å². The predicted molar refractivity (Wildman–Crippen MR) is 91.4 cm³/mol. The Balaban J connectivity index is 2.74. The van der Waals surface area contributed by atoms with Crippen LogP contribution in [-0.2, 0) is 11.2 Å². The number of carbonyl (C=O) groups is 2. The Morgan fingerprint density at radius 2 is 1.83 bits per heavy atom. The van der Waals surface area contributed by atoms with Gasteiger partial charge in [0.25, 0.3) is 0 Å². The molecule has 1 aromatic rings. The molecule has 23 heavy (non-hydrogen) atoms. The molecule has 0 aliphatic carbocycles. The van der Waals surface area contributed by atoms with Crippen molar-refractivity contribution in [3.63, 3.8) is 0 Å². The number of nitrogens with one attached hydrogen (secondary N) is 1. The fraction of sp³-hybridized carbons (Fsp3) is 0.556. The highest BCUT2D eigenvalue weighted by Gasteiger charge is 2.20. The molecule has 5 nitrogen and oxygen atoms in total. The Labute approximate surface area is 138 Å². The summed E-state index contributed by atoms with van der Waals surface area (Å²) in [6.07, 6.45) is 2.11. The molecule has 0 bridgehead atoms. The zero-order valence-corrected chi connectivity index (χ0v) is 14.5. The molecule has 1 atom stereocenters. The van der Waals surface area contributed by atoms with Gasteiger partial charge in [-0.2, -0.15) is 0 Å². The van der Waals surface area contributed by atoms with Crippen molar-refractivity contribution in [3.8, 4) is 0 Å². The van der Waals surface area contributed by atoms with E-state index in [-0.39, 0.29) is 31.0 Å². The first-order valence-corrected chi connectivity index (χ1v) is 8.17. The first kappa shape index (κ1) is 19.0. The van der Waals surface area contributed by atoms with E-state index in [1.165, 1.54) is 10.5 Å². The molecule has 0 saturated carbocycles. The third kappa shape index (κ3) is 6.30. The second kappa shape index (κ2) is 9.18. The second-order valence-corrected chi connectivity index (χ2v) is 6.23. The number of hydrogen-bond acceptors (Lipinski definition) is 2. The van der Waals surface area contributed by atoms with Crippen molar-refractivity contribution in [2.45, 2.75) is 46.1 Å². The molecule has 1 rings (SSSR count). The first-order valence-electron chi connectivity index (χ1n) is 8.17. The van der Waals surface area contributed by atoms with Gasteiger partial charge in [0.05, 0.1) is 12.5 Å². The van der Waals surface area contributed by atoms with Crippen LogP contribution in [-0.4, -0.2) is 35.6 Å². The smallest absolute Gasteiger partial charge is 0.317 e. The number of hydrogen-bond donors (Lipinski definition) is 2. The van der Waals surface area contributed by atoms with Crippen molar-refractivity contribution in [2.75, 3.05) is 13.6 Å². The summed E-state index contributed by atoms with van der Waals surface area (Å²) in [5.41, 5.74) is 2.36. The van der Waals surface area contributed by atoms with E-state index in [1.54, 1.807) is 7.05 Å². The minimum atomic E-state index is -0.906. The standard InChI is InChI=1S/C18H28N2O3/c1-5-6-14-7-9-15(10-8-14)17(13(2)3)19-18(23)20(4)12-11-16(21)22/h7-10,13,17H,5-6,11-12H2,1-4H3,(H,19,23)(H,21,22). The van der Waals surface area contributed by atoms with Crippen LogP contribution >= 0.6 is 0 Å². The van der Waals surface area contributed by atoms with Gasteiger partial charge in [0, 0.05) is 13.6 Å². The van der Waals surface area contributed by atoms with Crippen LogP contribution in [0.5, 0.6) is 0 Å². The topological polar surface area (TPSA) is 69.6 Å². The zero-order chi connectivity index (χ0) is 17.4. The van der Waals surface area contributed by atoms with E-state index in [0.717, 1.165) is 18.4 Å². The van der Waals surface area contributed by atoms with Gasteiger partial charge in [0.2, 0.25) is 0 Å². The van der Waals surface area contributed by atoms with E-state index in [4.69, 9.17) is 5.11 Å². The maximum atomic E-state index is 12.2. The van der Waals surface area contributed by atoms with Crippen molar-refractivity contribution in [1.82, 2.24) is 10.2 Å². The van der Waals surface area contributed by atoms with E-state index < -0.39 is 5.97 Å². The van der Waals surface area contributed by atoms with Gasteiger partial charge >= 0.3 is 12.0 Å². The van der Waals surface area contributed by atoms with E-state index in [1.807, 2.05) is 0 Å². The van der Waals surface area contributed by atoms with Crippen molar-refractivity contribution in [1.29, 1.82) is 0 Å². The van der Waals surface area contributed by atoms with Gasteiger partial charge in [-0.15, -0.1) is 0 Å². The number of nitrogens with zero attached hydrogens (tertiary/aromatic N) is 1. The molecular weight excluding hydrogens is 292 g/mol. The molecule has 0 aliphatic heterocycles. The van der Waals surface area contributed by atoms with Crippen molar-refractivity contribution >= 4 is 12.0 Å². The molecule has 2 amide bonds. The normalized spacial score (nSPS) is 12.0. The lowest BCUT2D eigenvalue weighted by Gasteiger charge is -2.26. The Hall–Kier alpha value is -2.04. The molecule has 1 aromatic carbocycles. The van der Waals surface area contributed by atoms with Gasteiger partial charge in [-0.1, -0.05) is 51.5 Å². The second-order valence-electron chi connectivity index (χ2n) is 6.23. The maximum Gasteiger partial charge on any atom is 0.317 e. The summed E-state index contributed by atoms with van der Waals surface area (Å²) in [4.78, 5) is 24.3. The molecule has 0 saturated heterocycles. The number of aliphatic carboxylic acids is 1. The lowest BCUT2D eigenvalue weighted by atomic mass is 9.95. The Morgan fingerprint density at radius 3 is 2.30 bits per heavy atom. The van der Waals surface area contributed by atoms with Crippen molar-refractivity contribution in [2.24, 2.45) is 5.92 Å². The minimum Gasteiger partial charge on any atom is -0.481 e. The maximum absolute atomic E-state index is 12.2. The molecule has 1 unspecified atom stereocenters. The van der Waals surface area contributed by atoms with Crippen molar-refractivity contribution in [3.05, 3.63) is 35.4 Å². The average molecular weight is 320 g/mol. The fourth-order valence-electron chi connectivity index (χ4n) is 2.42. The highest BCUT2D eigenvalue weighted by atomic mass is 16.4. The summed E-state index contributed by atoms with van der Waals surface area (Å²) >= 11 is 0. The number of carboxylic acids is 1. The monoisotopic (exact) mass is 320 g/mol. The molecule has 0 radical (unpaired) electrons. The summed E-state index contributed by atoms with van der Waals surface area (Å²) in [7, 11) is 1.61. The number of rotatable bonds is 8. The highest BCUT2D eigenvalue weighted by Crippen LogP contribution is 2.22. The van der Waals surface area contributed by atoms with Crippen LogP contribution in [0.15, 0.2) is 24.3 Å². The summed E-state index contributed by atoms with van der Waals surface area (Å²) in [6.45, 7) is 6.46. The third-order valence-electron chi connectivity index (χ3n) is 3.83. The van der Waals surface area contributed by atoms with Gasteiger partial charge in [-0.25, -0.2) is 4.79 Å². The van der Waals surface area contributed by atoms with Crippen LogP contribution in [0.25, 0.3) is 0 Å². The SMILES string of the molecule is CCCc1ccc(C(NC(=O)N(C)CCC(=O)O)C(C)C)cc1. The first-order chi connectivity index (χ1) is 10.8. The molecule has 0 heterocycles. The Kier molecular flexibility index (Phi) is 7.59. The molecule has 0 aliphatic rings. The molecule has 2 N–H and O–H groups in total. The largest absolute Gasteiger partial charge is 0.481 e. The number of amides is 2. The van der Waals surface area contributed by atoms with Gasteiger partial charge in [-0.3, -0.25) is 4.79 Å². The molecule has 0 aromatic heterocycles. The Morgan fingerprint density at radius 1 is 1.22 bits per heavy atom. The molecule has 0 spiro atoms. The lowest BCUT2D eigenvalue weighted by Crippen LogP contribution is -2.41. The quantitative estimate of drug-likeness (QED) is 0.771. The van der Waals surface area contributed by atoms with Crippen LogP contribution in [0.2, 0.25) is 0 Å². The predicted octanol–water partition coefficient (Wildman–Crippen LogP) is 3.45. The Bertz CT molecular complexity index is 512. The lowest BCUT2D eigenvalue weighted by molar-refractivity contribution is -0.137. The zero-order valence-electron chi connectivity index (χ0n) is 14.5. The molecule has 128 valence electrons. The summed E-state index contributed by atoms with van der Waals surface area (Å²) in [5.74, 6) is -0.666. The number of aryl methyl sites for hydroxylation is 1. The molecular formula is C18H28N2O3. The number of urea groups is 1. The van der Waals surface area contributed by atoms with E-state index in [0.29, 0.717) is 0 Å². The highest BCUT2D eigenvalue weighted by molar-refractivity contribution is 5.75. The summed E-state index contributed by atoms with van der Waals surface area (Å²) in [5, 5.41) is 11.7. The van der Waals surface area contributed by atoms with Crippen LogP contribution in [0.3, 0.4) is 0 Å². The summed E-state index contributed by atoms with van der Waals surface area (Å²) in [6, 6.07) is 8.00. The van der Waals surface area contributed by atoms with Crippen LogP contribution in [0, 0.1) is 5.92 Å². The summed E-state index contributed by atoms with van der Waals surface area (Å²) < 4.78 is 0. The van der Waals surface area contributed by atoms with Crippen LogP contribution in [0.4, 0.5) is 4.79 Å². The average Bonchev–Trinajstić information content (AvgIpc) is 2.51. The van der Waals surface area contributed by atoms with Crippen LogP contribution in [0.1, 0.15) is 50.8 Å². The van der Waals surface area contributed by atoms with Gasteiger partial charge in [-0.05, 0) is 23.5 Å². The molecule has 5 heteroatoms. The minimum absolute atomic E-state index is 0.0536. The number of carbonyl (C=O) groups excluding carboxylic acids is 1. The third-order valence-corrected chi connectivity index (χ3v) is 3.83. The van der Waals surface area contributed by atoms with Crippen LogP contribution < -0.4 is 5.32 Å². The fourth-order valence-corrected chi connectivity index (χ4v) is 2.42. The van der Waals surface area contributed by atoms with Gasteiger partial charge < -0.3 is 15.3 Å². The molecule has 0 fully saturated rings. The van der Waals surface area contributed by atoms with E-state index in [9.17, 15) is 9.59 Å². The van der Waals surface area contributed by atoms with E-state index in [2.05, 4.69) is 50.4 Å². The van der Waals surface area contributed by atoms with E-state index >= 15 is 0 Å².